The molecule has 1 aromatic rings. The normalized spacial score (nSPS) is 13.1. The van der Waals surface area contributed by atoms with E-state index in [2.05, 4.69) is 18.9 Å². The number of halogens is 1. The van der Waals surface area contributed by atoms with E-state index in [1.54, 1.807) is 0 Å². The number of rotatable bonds is 6. The fourth-order valence-electron chi connectivity index (χ4n) is 1.82. The van der Waals surface area contributed by atoms with Gasteiger partial charge in [-0.15, -0.1) is 0 Å². The maximum Gasteiger partial charge on any atom is 0.123 e. The first kappa shape index (κ1) is 13.1. The summed E-state index contributed by atoms with van der Waals surface area (Å²) in [5.74, 6) is -0.198. The molecule has 0 bridgehead atoms. The van der Waals surface area contributed by atoms with Gasteiger partial charge in [0.1, 0.15) is 5.82 Å². The lowest BCUT2D eigenvalue weighted by atomic mass is 10.1. The van der Waals surface area contributed by atoms with E-state index < -0.39 is 0 Å². The van der Waals surface area contributed by atoms with Crippen molar-refractivity contribution in [1.29, 1.82) is 0 Å². The lowest BCUT2D eigenvalue weighted by Gasteiger charge is -2.27. The monoisotopic (exact) mass is 224 g/mol. The molecule has 0 spiro atoms. The van der Waals surface area contributed by atoms with Gasteiger partial charge in [-0.2, -0.15) is 0 Å². The van der Waals surface area contributed by atoms with Gasteiger partial charge in [-0.3, -0.25) is 4.90 Å². The molecule has 1 atom stereocenters. The van der Waals surface area contributed by atoms with Crippen LogP contribution in [0.3, 0.4) is 0 Å². The molecule has 90 valence electrons. The third-order valence-electron chi connectivity index (χ3n) is 2.87. The third-order valence-corrected chi connectivity index (χ3v) is 2.87. The summed E-state index contributed by atoms with van der Waals surface area (Å²) < 4.78 is 12.8. The Morgan fingerprint density at radius 3 is 2.44 bits per heavy atom. The first-order valence-corrected chi connectivity index (χ1v) is 5.84. The standard InChI is InChI=1S/C13H21FN2/c1-3-4-9-16(2)13(10-15)11-5-7-12(14)8-6-11/h5-8,13H,3-4,9-10,15H2,1-2H3. The van der Waals surface area contributed by atoms with E-state index in [1.165, 1.54) is 18.6 Å². The zero-order chi connectivity index (χ0) is 12.0. The molecule has 16 heavy (non-hydrogen) atoms. The number of nitrogens with zero attached hydrogens (tertiary/aromatic N) is 1. The largest absolute Gasteiger partial charge is 0.329 e. The summed E-state index contributed by atoms with van der Waals surface area (Å²) in [7, 11) is 2.07. The molecule has 0 saturated carbocycles. The Morgan fingerprint density at radius 1 is 1.31 bits per heavy atom. The second-order valence-corrected chi connectivity index (χ2v) is 4.14. The van der Waals surface area contributed by atoms with Crippen molar-refractivity contribution in [3.05, 3.63) is 35.6 Å². The highest BCUT2D eigenvalue weighted by Gasteiger charge is 2.14. The zero-order valence-corrected chi connectivity index (χ0v) is 10.1. The molecule has 0 fully saturated rings. The third kappa shape index (κ3) is 3.58. The van der Waals surface area contributed by atoms with Gasteiger partial charge in [-0.25, -0.2) is 4.39 Å². The molecule has 0 heterocycles. The van der Waals surface area contributed by atoms with Crippen LogP contribution in [0.15, 0.2) is 24.3 Å². The Bertz CT molecular complexity index is 297. The van der Waals surface area contributed by atoms with E-state index in [-0.39, 0.29) is 11.9 Å². The van der Waals surface area contributed by atoms with Crippen LogP contribution in [-0.4, -0.2) is 25.0 Å². The number of unbranched alkanes of at least 4 members (excludes halogenated alkanes) is 1. The molecule has 0 aliphatic rings. The fourth-order valence-corrected chi connectivity index (χ4v) is 1.82. The summed E-state index contributed by atoms with van der Waals surface area (Å²) in [6, 6.07) is 6.80. The van der Waals surface area contributed by atoms with Gasteiger partial charge in [-0.1, -0.05) is 25.5 Å². The average molecular weight is 224 g/mol. The van der Waals surface area contributed by atoms with Crippen LogP contribution in [0.1, 0.15) is 31.4 Å². The van der Waals surface area contributed by atoms with Crippen LogP contribution in [0.4, 0.5) is 4.39 Å². The van der Waals surface area contributed by atoms with Crippen LogP contribution < -0.4 is 5.73 Å². The number of benzene rings is 1. The van der Waals surface area contributed by atoms with Crippen molar-refractivity contribution in [2.45, 2.75) is 25.8 Å². The van der Waals surface area contributed by atoms with Crippen molar-refractivity contribution in [1.82, 2.24) is 4.90 Å². The Morgan fingerprint density at radius 2 is 1.94 bits per heavy atom. The van der Waals surface area contributed by atoms with Crippen LogP contribution >= 0.6 is 0 Å². The molecule has 0 radical (unpaired) electrons. The van der Waals surface area contributed by atoms with Crippen molar-refractivity contribution in [3.8, 4) is 0 Å². The quantitative estimate of drug-likeness (QED) is 0.804. The maximum atomic E-state index is 12.8. The van der Waals surface area contributed by atoms with Gasteiger partial charge < -0.3 is 5.73 Å². The summed E-state index contributed by atoms with van der Waals surface area (Å²) in [5.41, 5.74) is 6.87. The molecule has 2 N–H and O–H groups in total. The van der Waals surface area contributed by atoms with Gasteiger partial charge in [0.25, 0.3) is 0 Å². The molecule has 1 rings (SSSR count). The molecule has 0 aliphatic heterocycles. The predicted octanol–water partition coefficient (Wildman–Crippen LogP) is 2.56. The summed E-state index contributed by atoms with van der Waals surface area (Å²) in [6.07, 6.45) is 2.33. The van der Waals surface area contributed by atoms with Crippen LogP contribution in [0.25, 0.3) is 0 Å². The van der Waals surface area contributed by atoms with Crippen molar-refractivity contribution in [3.63, 3.8) is 0 Å². The van der Waals surface area contributed by atoms with Crippen LogP contribution in [-0.2, 0) is 0 Å². The first-order chi connectivity index (χ1) is 7.69. The highest BCUT2D eigenvalue weighted by atomic mass is 19.1. The fraction of sp³-hybridized carbons (Fsp3) is 0.538. The Labute approximate surface area is 97.3 Å². The number of likely N-dealkylation sites (N-methyl/N-ethyl adjacent to an activating group) is 1. The van der Waals surface area contributed by atoms with E-state index in [0.717, 1.165) is 18.5 Å². The van der Waals surface area contributed by atoms with Gasteiger partial charge in [0.15, 0.2) is 0 Å². The molecule has 0 amide bonds. The minimum atomic E-state index is -0.198. The predicted molar refractivity (Wildman–Crippen MR) is 65.7 cm³/mol. The average Bonchev–Trinajstić information content (AvgIpc) is 2.30. The lowest BCUT2D eigenvalue weighted by Crippen LogP contribution is -2.31. The van der Waals surface area contributed by atoms with Crippen molar-refractivity contribution < 1.29 is 4.39 Å². The van der Waals surface area contributed by atoms with Crippen molar-refractivity contribution in [2.24, 2.45) is 5.73 Å². The summed E-state index contributed by atoms with van der Waals surface area (Å²) in [6.45, 7) is 3.75. The van der Waals surface area contributed by atoms with E-state index in [9.17, 15) is 4.39 Å². The lowest BCUT2D eigenvalue weighted by molar-refractivity contribution is 0.246. The van der Waals surface area contributed by atoms with Crippen LogP contribution in [0.2, 0.25) is 0 Å². The van der Waals surface area contributed by atoms with Gasteiger partial charge in [0.2, 0.25) is 0 Å². The highest BCUT2D eigenvalue weighted by Crippen LogP contribution is 2.18. The first-order valence-electron chi connectivity index (χ1n) is 5.84. The molecular formula is C13H21FN2. The molecule has 0 aromatic heterocycles. The van der Waals surface area contributed by atoms with Crippen molar-refractivity contribution >= 4 is 0 Å². The van der Waals surface area contributed by atoms with E-state index in [0.29, 0.717) is 6.54 Å². The second kappa shape index (κ2) is 6.61. The van der Waals surface area contributed by atoms with Gasteiger partial charge in [0.05, 0.1) is 0 Å². The molecular weight excluding hydrogens is 203 g/mol. The van der Waals surface area contributed by atoms with Crippen molar-refractivity contribution in [2.75, 3.05) is 20.1 Å². The molecule has 2 nitrogen and oxygen atoms in total. The summed E-state index contributed by atoms with van der Waals surface area (Å²) in [4.78, 5) is 2.23. The molecule has 0 saturated heterocycles. The SMILES string of the molecule is CCCCN(C)C(CN)c1ccc(F)cc1. The zero-order valence-electron chi connectivity index (χ0n) is 10.1. The van der Waals surface area contributed by atoms with E-state index in [1.807, 2.05) is 12.1 Å². The van der Waals surface area contributed by atoms with E-state index >= 15 is 0 Å². The van der Waals surface area contributed by atoms with Gasteiger partial charge in [0, 0.05) is 12.6 Å². The Hall–Kier alpha value is -0.930. The molecule has 1 unspecified atom stereocenters. The van der Waals surface area contributed by atoms with Crippen LogP contribution in [0.5, 0.6) is 0 Å². The number of hydrogen-bond donors (Lipinski definition) is 1. The maximum absolute atomic E-state index is 12.8. The second-order valence-electron chi connectivity index (χ2n) is 4.14. The van der Waals surface area contributed by atoms with Gasteiger partial charge >= 0.3 is 0 Å². The van der Waals surface area contributed by atoms with E-state index in [4.69, 9.17) is 5.73 Å². The topological polar surface area (TPSA) is 29.3 Å². The van der Waals surface area contributed by atoms with Gasteiger partial charge in [-0.05, 0) is 37.7 Å². The molecule has 1 aromatic carbocycles. The number of nitrogens with two attached hydrogens (primary N) is 1. The Kier molecular flexibility index (Phi) is 5.43. The Balaban J connectivity index is 2.69. The highest BCUT2D eigenvalue weighted by molar-refractivity contribution is 5.20. The van der Waals surface area contributed by atoms with Crippen LogP contribution in [0, 0.1) is 5.82 Å². The number of hydrogen-bond acceptors (Lipinski definition) is 2. The molecule has 0 aliphatic carbocycles. The molecule has 3 heteroatoms. The minimum Gasteiger partial charge on any atom is -0.329 e. The minimum absolute atomic E-state index is 0.187. The summed E-state index contributed by atoms with van der Waals surface area (Å²) in [5, 5.41) is 0. The smallest absolute Gasteiger partial charge is 0.123 e. The summed E-state index contributed by atoms with van der Waals surface area (Å²) >= 11 is 0.